The summed E-state index contributed by atoms with van der Waals surface area (Å²) in [5, 5.41) is 11.8. The van der Waals surface area contributed by atoms with Crippen LogP contribution in [-0.2, 0) is 0 Å². The number of amidine groups is 1. The first-order valence-electron chi connectivity index (χ1n) is 7.46. The first-order chi connectivity index (χ1) is 10.2. The van der Waals surface area contributed by atoms with Crippen LogP contribution in [0.1, 0.15) is 24.8 Å². The molecule has 1 aromatic carbocycles. The molecule has 3 rings (SSSR count). The number of oxime groups is 1. The maximum absolute atomic E-state index is 14.0. The SMILES string of the molecule is NC(=NO)c1c(F)cccc1N1CCC(N2CCCC2)C1. The van der Waals surface area contributed by atoms with E-state index in [-0.39, 0.29) is 11.4 Å². The Labute approximate surface area is 123 Å². The molecule has 1 atom stereocenters. The van der Waals surface area contributed by atoms with Crippen molar-refractivity contribution in [1.82, 2.24) is 4.90 Å². The minimum atomic E-state index is -0.451. The molecule has 5 nitrogen and oxygen atoms in total. The molecule has 2 aliphatic heterocycles. The summed E-state index contributed by atoms with van der Waals surface area (Å²) >= 11 is 0. The molecule has 0 saturated carbocycles. The van der Waals surface area contributed by atoms with Crippen molar-refractivity contribution in [3.8, 4) is 0 Å². The van der Waals surface area contributed by atoms with Crippen LogP contribution in [0, 0.1) is 5.82 Å². The molecule has 2 fully saturated rings. The molecule has 1 aromatic rings. The van der Waals surface area contributed by atoms with Gasteiger partial charge in [-0.15, -0.1) is 0 Å². The highest BCUT2D eigenvalue weighted by Gasteiger charge is 2.31. The van der Waals surface area contributed by atoms with Crippen molar-refractivity contribution in [3.63, 3.8) is 0 Å². The molecule has 0 aromatic heterocycles. The molecule has 114 valence electrons. The van der Waals surface area contributed by atoms with Gasteiger partial charge < -0.3 is 15.8 Å². The zero-order valence-electron chi connectivity index (χ0n) is 12.0. The number of hydrogen-bond donors (Lipinski definition) is 2. The summed E-state index contributed by atoms with van der Waals surface area (Å²) in [6.07, 6.45) is 3.61. The molecule has 0 amide bonds. The summed E-state index contributed by atoms with van der Waals surface area (Å²) in [6.45, 7) is 4.06. The van der Waals surface area contributed by atoms with Crippen molar-refractivity contribution in [2.24, 2.45) is 10.9 Å². The lowest BCUT2D eigenvalue weighted by Crippen LogP contribution is -2.35. The molecule has 2 saturated heterocycles. The van der Waals surface area contributed by atoms with Gasteiger partial charge in [0, 0.05) is 19.1 Å². The summed E-state index contributed by atoms with van der Waals surface area (Å²) in [5.41, 5.74) is 6.55. The van der Waals surface area contributed by atoms with Gasteiger partial charge in [-0.2, -0.15) is 0 Å². The highest BCUT2D eigenvalue weighted by molar-refractivity contribution is 6.02. The van der Waals surface area contributed by atoms with Crippen LogP contribution in [-0.4, -0.2) is 48.2 Å². The Hall–Kier alpha value is -1.82. The van der Waals surface area contributed by atoms with E-state index in [2.05, 4.69) is 15.0 Å². The predicted molar refractivity (Wildman–Crippen MR) is 80.3 cm³/mol. The van der Waals surface area contributed by atoms with Gasteiger partial charge in [-0.1, -0.05) is 11.2 Å². The van der Waals surface area contributed by atoms with Crippen LogP contribution < -0.4 is 10.6 Å². The second-order valence-electron chi connectivity index (χ2n) is 5.75. The number of anilines is 1. The Morgan fingerprint density at radius 3 is 2.76 bits per heavy atom. The molecule has 0 aliphatic carbocycles. The van der Waals surface area contributed by atoms with Crippen LogP contribution in [0.2, 0.25) is 0 Å². The fourth-order valence-electron chi connectivity index (χ4n) is 3.45. The first kappa shape index (κ1) is 14.1. The third kappa shape index (κ3) is 2.68. The molecule has 1 unspecified atom stereocenters. The standard InChI is InChI=1S/C15H21FN4O/c16-12-4-3-5-13(14(12)15(17)18-21)20-9-6-11(10-20)19-7-1-2-8-19/h3-5,11,21H,1-2,6-10H2,(H2,17,18). The average molecular weight is 292 g/mol. The van der Waals surface area contributed by atoms with Crippen LogP contribution in [0.5, 0.6) is 0 Å². The molecule has 21 heavy (non-hydrogen) atoms. The Bertz CT molecular complexity index is 542. The third-order valence-electron chi connectivity index (χ3n) is 4.52. The van der Waals surface area contributed by atoms with Crippen molar-refractivity contribution >= 4 is 11.5 Å². The van der Waals surface area contributed by atoms with Crippen LogP contribution in [0.15, 0.2) is 23.4 Å². The number of rotatable bonds is 3. The zero-order chi connectivity index (χ0) is 14.8. The Kier molecular flexibility index (Phi) is 3.96. The number of nitrogens with zero attached hydrogens (tertiary/aromatic N) is 3. The minimum absolute atomic E-state index is 0.173. The van der Waals surface area contributed by atoms with E-state index in [1.807, 2.05) is 6.07 Å². The minimum Gasteiger partial charge on any atom is -0.409 e. The van der Waals surface area contributed by atoms with Gasteiger partial charge in [0.05, 0.1) is 11.3 Å². The zero-order valence-corrected chi connectivity index (χ0v) is 12.0. The average Bonchev–Trinajstić information content (AvgIpc) is 3.16. The van der Waals surface area contributed by atoms with Gasteiger partial charge in [0.15, 0.2) is 5.84 Å². The molecular weight excluding hydrogens is 271 g/mol. The molecule has 2 heterocycles. The fourth-order valence-corrected chi connectivity index (χ4v) is 3.45. The summed E-state index contributed by atoms with van der Waals surface area (Å²) < 4.78 is 14.0. The second kappa shape index (κ2) is 5.89. The van der Waals surface area contributed by atoms with Crippen LogP contribution in [0.3, 0.4) is 0 Å². The molecule has 3 N–H and O–H groups in total. The first-order valence-corrected chi connectivity index (χ1v) is 7.46. The smallest absolute Gasteiger partial charge is 0.175 e. The van der Waals surface area contributed by atoms with Crippen LogP contribution >= 0.6 is 0 Å². The summed E-state index contributed by atoms with van der Waals surface area (Å²) in [5.74, 6) is -0.625. The molecule has 0 radical (unpaired) electrons. The normalized spacial score (nSPS) is 24.0. The number of halogens is 1. The van der Waals surface area contributed by atoms with Crippen LogP contribution in [0.25, 0.3) is 0 Å². The summed E-state index contributed by atoms with van der Waals surface area (Å²) in [6, 6.07) is 5.37. The van der Waals surface area contributed by atoms with Crippen molar-refractivity contribution in [2.75, 3.05) is 31.1 Å². The predicted octanol–water partition coefficient (Wildman–Crippen LogP) is 1.59. The van der Waals surface area contributed by atoms with Crippen LogP contribution in [0.4, 0.5) is 10.1 Å². The van der Waals surface area contributed by atoms with Crippen molar-refractivity contribution in [3.05, 3.63) is 29.6 Å². The highest BCUT2D eigenvalue weighted by Crippen LogP contribution is 2.29. The number of nitrogens with two attached hydrogens (primary N) is 1. The topological polar surface area (TPSA) is 65.1 Å². The van der Waals surface area contributed by atoms with E-state index >= 15 is 0 Å². The number of hydrogen-bond acceptors (Lipinski definition) is 4. The lowest BCUT2D eigenvalue weighted by Gasteiger charge is -2.25. The lowest BCUT2D eigenvalue weighted by atomic mass is 10.1. The van der Waals surface area contributed by atoms with E-state index in [1.165, 1.54) is 18.9 Å². The van der Waals surface area contributed by atoms with E-state index in [0.29, 0.717) is 11.7 Å². The summed E-state index contributed by atoms with van der Waals surface area (Å²) in [7, 11) is 0. The van der Waals surface area contributed by atoms with Gasteiger partial charge in [-0.3, -0.25) is 4.90 Å². The maximum atomic E-state index is 14.0. The number of likely N-dealkylation sites (tertiary alicyclic amines) is 1. The molecule has 0 bridgehead atoms. The largest absolute Gasteiger partial charge is 0.409 e. The van der Waals surface area contributed by atoms with Gasteiger partial charge in [0.1, 0.15) is 5.82 Å². The van der Waals surface area contributed by atoms with Crippen molar-refractivity contribution in [2.45, 2.75) is 25.3 Å². The Balaban J connectivity index is 1.83. The molecular formula is C15H21FN4O. The molecule has 6 heteroatoms. The summed E-state index contributed by atoms with van der Waals surface area (Å²) in [4.78, 5) is 4.65. The maximum Gasteiger partial charge on any atom is 0.175 e. The van der Waals surface area contributed by atoms with Gasteiger partial charge >= 0.3 is 0 Å². The number of benzene rings is 1. The van der Waals surface area contributed by atoms with Crippen molar-refractivity contribution < 1.29 is 9.60 Å². The van der Waals surface area contributed by atoms with E-state index in [1.54, 1.807) is 6.07 Å². The monoisotopic (exact) mass is 292 g/mol. The van der Waals surface area contributed by atoms with E-state index in [0.717, 1.165) is 32.6 Å². The van der Waals surface area contributed by atoms with E-state index in [4.69, 9.17) is 10.9 Å². The van der Waals surface area contributed by atoms with E-state index < -0.39 is 5.82 Å². The van der Waals surface area contributed by atoms with Crippen molar-refractivity contribution in [1.29, 1.82) is 0 Å². The molecule has 2 aliphatic rings. The second-order valence-corrected chi connectivity index (χ2v) is 5.75. The highest BCUT2D eigenvalue weighted by atomic mass is 19.1. The van der Waals surface area contributed by atoms with Gasteiger partial charge in [0.2, 0.25) is 0 Å². The molecule has 0 spiro atoms. The quantitative estimate of drug-likeness (QED) is 0.384. The van der Waals surface area contributed by atoms with Gasteiger partial charge in [-0.25, -0.2) is 4.39 Å². The fraction of sp³-hybridized carbons (Fsp3) is 0.533. The lowest BCUT2D eigenvalue weighted by molar-refractivity contribution is 0.260. The third-order valence-corrected chi connectivity index (χ3v) is 4.52. The Morgan fingerprint density at radius 2 is 2.05 bits per heavy atom. The van der Waals surface area contributed by atoms with E-state index in [9.17, 15) is 4.39 Å². The van der Waals surface area contributed by atoms with Gasteiger partial charge in [-0.05, 0) is 44.5 Å². The Morgan fingerprint density at radius 1 is 1.29 bits per heavy atom. The van der Waals surface area contributed by atoms with Gasteiger partial charge in [0.25, 0.3) is 0 Å².